The third kappa shape index (κ3) is 4.24. The van der Waals surface area contributed by atoms with Gasteiger partial charge in [0.05, 0.1) is 0 Å². The molecular weight excluding hydrogens is 363 g/mol. The highest BCUT2D eigenvalue weighted by atomic mass is 35.5. The number of aromatic nitrogens is 2. The first-order chi connectivity index (χ1) is 13.1. The number of rotatable bonds is 4. The van der Waals surface area contributed by atoms with Crippen LogP contribution in [0.1, 0.15) is 50.8 Å². The van der Waals surface area contributed by atoms with Gasteiger partial charge >= 0.3 is 0 Å². The van der Waals surface area contributed by atoms with E-state index >= 15 is 0 Å². The van der Waals surface area contributed by atoms with Crippen LogP contribution in [0.5, 0.6) is 0 Å². The van der Waals surface area contributed by atoms with Crippen LogP contribution in [-0.2, 0) is 0 Å². The van der Waals surface area contributed by atoms with Gasteiger partial charge in [-0.25, -0.2) is 14.4 Å². The minimum Gasteiger partial charge on any atom is -0.374 e. The second-order valence-corrected chi connectivity index (χ2v) is 7.78. The smallest absolute Gasteiger partial charge is 0.137 e. The summed E-state index contributed by atoms with van der Waals surface area (Å²) >= 11 is 6.26. The summed E-state index contributed by atoms with van der Waals surface area (Å²) in [4.78, 5) is 11.6. The molecule has 1 aromatic heterocycles. The lowest BCUT2D eigenvalue weighted by molar-refractivity contribution is 0.248. The lowest BCUT2D eigenvalue weighted by atomic mass is 9.89. The highest BCUT2D eigenvalue weighted by Crippen LogP contribution is 2.34. The van der Waals surface area contributed by atoms with Crippen molar-refractivity contribution in [2.45, 2.75) is 44.9 Å². The highest BCUT2D eigenvalue weighted by molar-refractivity contribution is 6.29. The fourth-order valence-corrected chi connectivity index (χ4v) is 4.02. The molecule has 142 valence electrons. The average molecular weight is 387 g/mol. The molecule has 1 aliphatic heterocycles. The first-order valence-electron chi connectivity index (χ1n) is 9.59. The van der Waals surface area contributed by atoms with Crippen molar-refractivity contribution in [2.24, 2.45) is 0 Å². The molecule has 0 spiro atoms. The number of allylic oxidation sites excluding steroid dienone is 2. The third-order valence-electron chi connectivity index (χ3n) is 5.54. The molecule has 1 saturated heterocycles. The van der Waals surface area contributed by atoms with Crippen molar-refractivity contribution < 1.29 is 4.39 Å². The topological polar surface area (TPSA) is 41.1 Å². The zero-order valence-electron chi connectivity index (χ0n) is 15.5. The molecule has 1 aliphatic carbocycles. The molecule has 2 fully saturated rings. The summed E-state index contributed by atoms with van der Waals surface area (Å²) in [7, 11) is 0. The average Bonchev–Trinajstić information content (AvgIpc) is 2.60. The molecule has 6 heteroatoms. The normalized spacial score (nSPS) is 19.6. The van der Waals surface area contributed by atoms with Crippen molar-refractivity contribution in [1.29, 1.82) is 0 Å². The maximum Gasteiger partial charge on any atom is 0.137 e. The maximum absolute atomic E-state index is 13.4. The van der Waals surface area contributed by atoms with Gasteiger partial charge in [0.2, 0.25) is 0 Å². The standard InChI is InChI=1S/C21H24ClFN4/c1-14(15-5-2-6-15)27-10-4-7-16(13-27)21-25-19(22)12-20(26-21)24-18-9-3-8-17(23)11-18/h3,8-9,11-12,16H,2,4-7,10,13H2,1H3,(H,24,25,26). The van der Waals surface area contributed by atoms with Crippen LogP contribution in [0.2, 0.25) is 5.15 Å². The molecule has 1 atom stereocenters. The quantitative estimate of drug-likeness (QED) is 0.689. The predicted octanol–water partition coefficient (Wildman–Crippen LogP) is 5.65. The number of piperidine rings is 1. The minimum atomic E-state index is -0.289. The van der Waals surface area contributed by atoms with Crippen molar-refractivity contribution in [1.82, 2.24) is 14.9 Å². The summed E-state index contributed by atoms with van der Waals surface area (Å²) in [6.07, 6.45) is 5.97. The number of halogens is 2. The molecule has 1 unspecified atom stereocenters. The number of benzene rings is 1. The fraction of sp³-hybridized carbons (Fsp3) is 0.429. The summed E-state index contributed by atoms with van der Waals surface area (Å²) in [6, 6.07) is 8.00. The van der Waals surface area contributed by atoms with E-state index in [9.17, 15) is 4.39 Å². The lowest BCUT2D eigenvalue weighted by Crippen LogP contribution is -2.35. The SMILES string of the molecule is CC(=C1CCC1)N1CCCC(c2nc(Cl)cc(Nc3cccc(F)c3)n2)C1. The van der Waals surface area contributed by atoms with Crippen molar-refractivity contribution in [3.63, 3.8) is 0 Å². The van der Waals surface area contributed by atoms with Crippen molar-refractivity contribution in [2.75, 3.05) is 18.4 Å². The van der Waals surface area contributed by atoms with Gasteiger partial charge < -0.3 is 10.2 Å². The van der Waals surface area contributed by atoms with Crippen LogP contribution in [0, 0.1) is 5.82 Å². The van der Waals surface area contributed by atoms with Crippen molar-refractivity contribution >= 4 is 23.1 Å². The Morgan fingerprint density at radius 3 is 2.81 bits per heavy atom. The molecule has 2 aliphatic rings. The van der Waals surface area contributed by atoms with Crippen LogP contribution in [0.25, 0.3) is 0 Å². The van der Waals surface area contributed by atoms with Crippen LogP contribution in [0.15, 0.2) is 41.6 Å². The van der Waals surface area contributed by atoms with Crippen LogP contribution in [-0.4, -0.2) is 28.0 Å². The largest absolute Gasteiger partial charge is 0.374 e. The van der Waals surface area contributed by atoms with Crippen LogP contribution < -0.4 is 5.32 Å². The van der Waals surface area contributed by atoms with Crippen LogP contribution in [0.3, 0.4) is 0 Å². The summed E-state index contributed by atoms with van der Waals surface area (Å²) in [5, 5.41) is 3.54. The van der Waals surface area contributed by atoms with Gasteiger partial charge in [-0.3, -0.25) is 0 Å². The van der Waals surface area contributed by atoms with Gasteiger partial charge in [0, 0.05) is 36.5 Å². The highest BCUT2D eigenvalue weighted by Gasteiger charge is 2.26. The van der Waals surface area contributed by atoms with Crippen molar-refractivity contribution in [3.8, 4) is 0 Å². The first-order valence-corrected chi connectivity index (χ1v) is 9.97. The third-order valence-corrected chi connectivity index (χ3v) is 5.73. The molecule has 4 rings (SSSR count). The second kappa shape index (κ2) is 7.85. The Hall–Kier alpha value is -2.14. The Morgan fingerprint density at radius 2 is 2.07 bits per heavy atom. The van der Waals surface area contributed by atoms with Gasteiger partial charge in [-0.1, -0.05) is 23.2 Å². The number of anilines is 2. The molecule has 1 saturated carbocycles. The molecule has 2 aromatic rings. The van der Waals surface area contributed by atoms with E-state index in [1.54, 1.807) is 23.8 Å². The van der Waals surface area contributed by atoms with Crippen LogP contribution in [0.4, 0.5) is 15.9 Å². The van der Waals surface area contributed by atoms with Gasteiger partial charge in [0.15, 0.2) is 0 Å². The molecule has 1 aromatic carbocycles. The lowest BCUT2D eigenvalue weighted by Gasteiger charge is -2.37. The fourth-order valence-electron chi connectivity index (χ4n) is 3.83. The molecular formula is C21H24ClFN4. The van der Waals surface area contributed by atoms with E-state index in [2.05, 4.69) is 27.1 Å². The molecule has 27 heavy (non-hydrogen) atoms. The second-order valence-electron chi connectivity index (χ2n) is 7.40. The van der Waals surface area contributed by atoms with Gasteiger partial charge in [-0.2, -0.15) is 0 Å². The van der Waals surface area contributed by atoms with E-state index in [1.165, 1.54) is 37.1 Å². The monoisotopic (exact) mass is 386 g/mol. The predicted molar refractivity (Wildman–Crippen MR) is 107 cm³/mol. The molecule has 0 amide bonds. The summed E-state index contributed by atoms with van der Waals surface area (Å²) in [6.45, 7) is 4.27. The molecule has 1 N–H and O–H groups in total. The zero-order chi connectivity index (χ0) is 18.8. The number of hydrogen-bond donors (Lipinski definition) is 1. The van der Waals surface area contributed by atoms with Gasteiger partial charge in [-0.05, 0) is 57.2 Å². The Morgan fingerprint density at radius 1 is 1.22 bits per heavy atom. The molecule has 2 heterocycles. The Kier molecular flexibility index (Phi) is 5.30. The summed E-state index contributed by atoms with van der Waals surface area (Å²) < 4.78 is 13.4. The van der Waals surface area contributed by atoms with Crippen molar-refractivity contribution in [3.05, 3.63) is 58.4 Å². The molecule has 0 bridgehead atoms. The maximum atomic E-state index is 13.4. The Balaban J connectivity index is 1.53. The Labute approximate surface area is 164 Å². The van der Waals surface area contributed by atoms with Gasteiger partial charge in [0.25, 0.3) is 0 Å². The first kappa shape index (κ1) is 18.2. The van der Waals surface area contributed by atoms with Crippen LogP contribution >= 0.6 is 11.6 Å². The zero-order valence-corrected chi connectivity index (χ0v) is 16.3. The van der Waals surface area contributed by atoms with E-state index in [0.717, 1.165) is 31.8 Å². The van der Waals surface area contributed by atoms with E-state index in [4.69, 9.17) is 11.6 Å². The molecule has 4 nitrogen and oxygen atoms in total. The minimum absolute atomic E-state index is 0.251. The van der Waals surface area contributed by atoms with E-state index in [0.29, 0.717) is 16.7 Å². The summed E-state index contributed by atoms with van der Waals surface area (Å²) in [5.41, 5.74) is 3.67. The van der Waals surface area contributed by atoms with Gasteiger partial charge in [0.1, 0.15) is 22.6 Å². The summed E-state index contributed by atoms with van der Waals surface area (Å²) in [5.74, 6) is 1.32. The Bertz CT molecular complexity index is 861. The number of hydrogen-bond acceptors (Lipinski definition) is 4. The van der Waals surface area contributed by atoms with E-state index in [1.807, 2.05) is 0 Å². The number of nitrogens with one attached hydrogen (secondary N) is 1. The van der Waals surface area contributed by atoms with E-state index in [-0.39, 0.29) is 11.7 Å². The molecule has 0 radical (unpaired) electrons. The number of likely N-dealkylation sites (tertiary alicyclic amines) is 1. The number of nitrogens with zero attached hydrogens (tertiary/aromatic N) is 3. The van der Waals surface area contributed by atoms with Gasteiger partial charge in [-0.15, -0.1) is 0 Å². The van der Waals surface area contributed by atoms with E-state index < -0.39 is 0 Å².